The van der Waals surface area contributed by atoms with Crippen LogP contribution in [0.2, 0.25) is 0 Å². The van der Waals surface area contributed by atoms with Crippen LogP contribution in [-0.2, 0) is 13.1 Å². The summed E-state index contributed by atoms with van der Waals surface area (Å²) >= 11 is 0. The molecule has 1 aromatic carbocycles. The third-order valence-electron chi connectivity index (χ3n) is 4.03. The minimum Gasteiger partial charge on any atom is -0.487 e. The monoisotopic (exact) mass is 326 g/mol. The molecule has 0 radical (unpaired) electrons. The van der Waals surface area contributed by atoms with Crippen LogP contribution in [0.1, 0.15) is 27.9 Å². The van der Waals surface area contributed by atoms with Crippen LogP contribution in [0.3, 0.4) is 0 Å². The maximum Gasteiger partial charge on any atom is 0.248 e. The van der Waals surface area contributed by atoms with Gasteiger partial charge in [0.15, 0.2) is 0 Å². The number of amides is 1. The fraction of sp³-hybridized carbons (Fsp3) is 0.333. The lowest BCUT2D eigenvalue weighted by Crippen LogP contribution is -2.21. The van der Waals surface area contributed by atoms with Crippen molar-refractivity contribution in [2.45, 2.75) is 25.6 Å². The van der Waals surface area contributed by atoms with Gasteiger partial charge in [0.2, 0.25) is 5.91 Å². The van der Waals surface area contributed by atoms with E-state index < -0.39 is 5.91 Å². The molecular weight excluding hydrogens is 304 g/mol. The number of primary amides is 1. The van der Waals surface area contributed by atoms with Crippen LogP contribution < -0.4 is 21.1 Å². The van der Waals surface area contributed by atoms with Crippen LogP contribution in [0.4, 0.5) is 0 Å². The zero-order chi connectivity index (χ0) is 16.8. The Hall–Kier alpha value is -2.44. The van der Waals surface area contributed by atoms with Crippen LogP contribution in [0.15, 0.2) is 42.7 Å². The molecule has 0 unspecified atom stereocenters. The number of pyridine rings is 1. The van der Waals surface area contributed by atoms with Gasteiger partial charge in [-0.05, 0) is 36.7 Å². The normalized spacial score (nSPS) is 16.9. The average Bonchev–Trinajstić information content (AvgIpc) is 3.10. The molecule has 1 aromatic heterocycles. The minimum atomic E-state index is -0.410. The number of aromatic nitrogens is 1. The number of ether oxygens (including phenoxy) is 1. The Morgan fingerprint density at radius 3 is 3.08 bits per heavy atom. The van der Waals surface area contributed by atoms with Gasteiger partial charge in [-0.15, -0.1) is 0 Å². The molecule has 1 aliphatic rings. The fourth-order valence-electron chi connectivity index (χ4n) is 2.75. The summed E-state index contributed by atoms with van der Waals surface area (Å²) in [5.41, 5.74) is 7.92. The predicted octanol–water partition coefficient (Wildman–Crippen LogP) is 1.21. The number of benzene rings is 1. The van der Waals surface area contributed by atoms with Gasteiger partial charge < -0.3 is 21.1 Å². The number of nitrogens with one attached hydrogen (secondary N) is 2. The van der Waals surface area contributed by atoms with E-state index in [1.807, 2.05) is 24.3 Å². The first-order valence-corrected chi connectivity index (χ1v) is 8.12. The van der Waals surface area contributed by atoms with Gasteiger partial charge in [0.1, 0.15) is 11.9 Å². The Bertz CT molecular complexity index is 699. The molecule has 1 aliphatic heterocycles. The second-order valence-corrected chi connectivity index (χ2v) is 5.88. The van der Waals surface area contributed by atoms with Gasteiger partial charge in [-0.25, -0.2) is 0 Å². The summed E-state index contributed by atoms with van der Waals surface area (Å²) in [6.07, 6.45) is 4.76. The fourth-order valence-corrected chi connectivity index (χ4v) is 2.75. The van der Waals surface area contributed by atoms with E-state index in [-0.39, 0.29) is 6.10 Å². The molecule has 0 saturated carbocycles. The Morgan fingerprint density at radius 2 is 2.29 bits per heavy atom. The lowest BCUT2D eigenvalue weighted by atomic mass is 10.1. The standard InChI is InChI=1S/C18H22N4O2/c19-18(23)14-3-1-2-13(8-14)9-22-10-15-4-6-21-12-17(15)24-16-5-7-20-11-16/h1-4,6,8,12,16,20,22H,5,7,9-11H2,(H2,19,23)/t16-/m0/s1. The maximum atomic E-state index is 11.2. The van der Waals surface area contributed by atoms with Gasteiger partial charge in [0.25, 0.3) is 0 Å². The molecule has 126 valence electrons. The number of rotatable bonds is 7. The lowest BCUT2D eigenvalue weighted by Gasteiger charge is -2.16. The van der Waals surface area contributed by atoms with Gasteiger partial charge in [-0.3, -0.25) is 9.78 Å². The van der Waals surface area contributed by atoms with E-state index in [1.54, 1.807) is 18.5 Å². The summed E-state index contributed by atoms with van der Waals surface area (Å²) in [4.78, 5) is 15.4. The molecule has 0 aliphatic carbocycles. The van der Waals surface area contributed by atoms with Crippen molar-refractivity contribution in [3.05, 3.63) is 59.4 Å². The molecular formula is C18H22N4O2. The quantitative estimate of drug-likeness (QED) is 0.712. The van der Waals surface area contributed by atoms with Crippen LogP contribution in [0, 0.1) is 0 Å². The van der Waals surface area contributed by atoms with E-state index in [2.05, 4.69) is 15.6 Å². The Labute approximate surface area is 141 Å². The topological polar surface area (TPSA) is 89.3 Å². The molecule has 1 fully saturated rings. The first-order chi connectivity index (χ1) is 11.7. The van der Waals surface area contributed by atoms with Crippen molar-refractivity contribution in [2.75, 3.05) is 13.1 Å². The molecule has 1 atom stereocenters. The Kier molecular flexibility index (Phi) is 5.40. The summed E-state index contributed by atoms with van der Waals surface area (Å²) in [6.45, 7) is 3.18. The zero-order valence-corrected chi connectivity index (χ0v) is 13.5. The van der Waals surface area contributed by atoms with Crippen molar-refractivity contribution in [3.8, 4) is 5.75 Å². The highest BCUT2D eigenvalue weighted by Gasteiger charge is 2.17. The molecule has 2 aromatic rings. The van der Waals surface area contributed by atoms with Crippen molar-refractivity contribution in [1.29, 1.82) is 0 Å². The summed E-state index contributed by atoms with van der Waals surface area (Å²) in [5, 5.41) is 6.67. The molecule has 24 heavy (non-hydrogen) atoms. The van der Waals surface area contributed by atoms with Gasteiger partial charge >= 0.3 is 0 Å². The largest absolute Gasteiger partial charge is 0.487 e. The second-order valence-electron chi connectivity index (χ2n) is 5.88. The van der Waals surface area contributed by atoms with Crippen molar-refractivity contribution in [3.63, 3.8) is 0 Å². The summed E-state index contributed by atoms with van der Waals surface area (Å²) in [5.74, 6) is 0.413. The summed E-state index contributed by atoms with van der Waals surface area (Å²) in [7, 11) is 0. The van der Waals surface area contributed by atoms with Crippen LogP contribution in [-0.4, -0.2) is 30.1 Å². The van der Waals surface area contributed by atoms with Crippen molar-refractivity contribution in [2.24, 2.45) is 5.73 Å². The number of nitrogens with zero attached hydrogens (tertiary/aromatic N) is 1. The minimum absolute atomic E-state index is 0.209. The highest BCUT2D eigenvalue weighted by Crippen LogP contribution is 2.19. The van der Waals surface area contributed by atoms with E-state index in [1.165, 1.54) is 0 Å². The number of carbonyl (C=O) groups excluding carboxylic acids is 1. The van der Waals surface area contributed by atoms with Gasteiger partial charge in [-0.1, -0.05) is 12.1 Å². The van der Waals surface area contributed by atoms with Crippen molar-refractivity contribution in [1.82, 2.24) is 15.6 Å². The highest BCUT2D eigenvalue weighted by atomic mass is 16.5. The maximum absolute atomic E-state index is 11.2. The number of carbonyl (C=O) groups is 1. The second kappa shape index (κ2) is 7.90. The number of hydrogen-bond donors (Lipinski definition) is 3. The third kappa shape index (κ3) is 4.31. The molecule has 0 bridgehead atoms. The first kappa shape index (κ1) is 16.4. The zero-order valence-electron chi connectivity index (χ0n) is 13.5. The lowest BCUT2D eigenvalue weighted by molar-refractivity contribution is 0.1000. The van der Waals surface area contributed by atoms with E-state index in [0.29, 0.717) is 18.7 Å². The Morgan fingerprint density at radius 1 is 1.38 bits per heavy atom. The molecule has 4 N–H and O–H groups in total. The molecule has 1 saturated heterocycles. The van der Waals surface area contributed by atoms with E-state index in [0.717, 1.165) is 36.4 Å². The van der Waals surface area contributed by atoms with Gasteiger partial charge in [-0.2, -0.15) is 0 Å². The third-order valence-corrected chi connectivity index (χ3v) is 4.03. The molecule has 6 nitrogen and oxygen atoms in total. The van der Waals surface area contributed by atoms with Crippen molar-refractivity contribution < 1.29 is 9.53 Å². The van der Waals surface area contributed by atoms with Gasteiger partial charge in [0.05, 0.1) is 6.20 Å². The predicted molar refractivity (Wildman–Crippen MR) is 91.6 cm³/mol. The van der Waals surface area contributed by atoms with E-state index in [9.17, 15) is 4.79 Å². The van der Waals surface area contributed by atoms with Crippen molar-refractivity contribution >= 4 is 5.91 Å². The van der Waals surface area contributed by atoms with Crippen LogP contribution in [0.25, 0.3) is 0 Å². The SMILES string of the molecule is NC(=O)c1cccc(CNCc2ccncc2O[C@H]2CCNC2)c1. The highest BCUT2D eigenvalue weighted by molar-refractivity contribution is 5.92. The summed E-state index contributed by atoms with van der Waals surface area (Å²) in [6, 6.07) is 9.29. The van der Waals surface area contributed by atoms with E-state index >= 15 is 0 Å². The summed E-state index contributed by atoms with van der Waals surface area (Å²) < 4.78 is 6.03. The average molecular weight is 326 g/mol. The molecule has 6 heteroatoms. The smallest absolute Gasteiger partial charge is 0.248 e. The number of nitrogens with two attached hydrogens (primary N) is 1. The molecule has 1 amide bonds. The van der Waals surface area contributed by atoms with Crippen LogP contribution in [0.5, 0.6) is 5.75 Å². The van der Waals surface area contributed by atoms with Gasteiger partial charge in [0, 0.05) is 37.0 Å². The first-order valence-electron chi connectivity index (χ1n) is 8.12. The Balaban J connectivity index is 1.58. The molecule has 3 rings (SSSR count). The molecule has 2 heterocycles. The van der Waals surface area contributed by atoms with E-state index in [4.69, 9.17) is 10.5 Å². The number of hydrogen-bond acceptors (Lipinski definition) is 5. The molecule has 0 spiro atoms. The van der Waals surface area contributed by atoms with Crippen LogP contribution >= 0.6 is 0 Å².